The van der Waals surface area contributed by atoms with Crippen molar-refractivity contribution < 1.29 is 4.74 Å². The third-order valence-electron chi connectivity index (χ3n) is 2.96. The number of hydrogen-bond acceptors (Lipinski definition) is 3. The molecule has 12 heavy (non-hydrogen) atoms. The minimum absolute atomic E-state index is 0.447. The number of hydrogen-bond donors (Lipinski definition) is 1. The van der Waals surface area contributed by atoms with Crippen LogP contribution < -0.4 is 5.32 Å². The molecule has 2 unspecified atom stereocenters. The summed E-state index contributed by atoms with van der Waals surface area (Å²) in [5.74, 6) is 0. The maximum atomic E-state index is 5.56. The van der Waals surface area contributed by atoms with Crippen molar-refractivity contribution in [3.05, 3.63) is 0 Å². The lowest BCUT2D eigenvalue weighted by atomic mass is 10.1. The summed E-state index contributed by atoms with van der Waals surface area (Å²) >= 11 is 0. The maximum Gasteiger partial charge on any atom is 0.0703 e. The van der Waals surface area contributed by atoms with E-state index in [-0.39, 0.29) is 0 Å². The Kier molecular flexibility index (Phi) is 2.63. The van der Waals surface area contributed by atoms with Gasteiger partial charge in [-0.2, -0.15) is 0 Å². The topological polar surface area (TPSA) is 24.5 Å². The molecule has 0 aromatic rings. The van der Waals surface area contributed by atoms with E-state index in [0.717, 1.165) is 19.7 Å². The molecule has 3 heteroatoms. The van der Waals surface area contributed by atoms with Crippen LogP contribution in [0.3, 0.4) is 0 Å². The minimum atomic E-state index is 0.447. The molecule has 0 aromatic carbocycles. The van der Waals surface area contributed by atoms with Crippen molar-refractivity contribution in [3.63, 3.8) is 0 Å². The minimum Gasteiger partial charge on any atom is -0.377 e. The number of rotatable bonds is 1. The largest absolute Gasteiger partial charge is 0.377 e. The normalized spacial score (nSPS) is 38.8. The van der Waals surface area contributed by atoms with Crippen LogP contribution in [-0.2, 0) is 4.74 Å². The van der Waals surface area contributed by atoms with E-state index in [2.05, 4.69) is 17.1 Å². The standard InChI is InChI=1S/C9H18N2O/c1-8-9(2-7-12-8)11-5-3-10-4-6-11/h8-10H,2-7H2,1H3. The summed E-state index contributed by atoms with van der Waals surface area (Å²) < 4.78 is 5.56. The summed E-state index contributed by atoms with van der Waals surface area (Å²) in [4.78, 5) is 2.56. The zero-order valence-corrected chi connectivity index (χ0v) is 7.75. The Morgan fingerprint density at radius 2 is 2.08 bits per heavy atom. The van der Waals surface area contributed by atoms with Crippen LogP contribution in [0.4, 0.5) is 0 Å². The molecule has 0 saturated carbocycles. The van der Waals surface area contributed by atoms with Gasteiger partial charge in [0.15, 0.2) is 0 Å². The second-order valence-corrected chi connectivity index (χ2v) is 3.72. The maximum absolute atomic E-state index is 5.56. The van der Waals surface area contributed by atoms with Gasteiger partial charge >= 0.3 is 0 Å². The average molecular weight is 170 g/mol. The molecule has 2 atom stereocenters. The monoisotopic (exact) mass is 170 g/mol. The van der Waals surface area contributed by atoms with Gasteiger partial charge in [-0.1, -0.05) is 0 Å². The van der Waals surface area contributed by atoms with Gasteiger partial charge in [0, 0.05) is 38.8 Å². The first kappa shape index (κ1) is 8.48. The van der Waals surface area contributed by atoms with Gasteiger partial charge in [0.05, 0.1) is 6.10 Å². The molecule has 2 fully saturated rings. The van der Waals surface area contributed by atoms with Gasteiger partial charge in [-0.3, -0.25) is 4.90 Å². The quantitative estimate of drug-likeness (QED) is 0.602. The molecular formula is C9H18N2O. The molecule has 2 aliphatic heterocycles. The molecule has 0 bridgehead atoms. The Balaban J connectivity index is 1.89. The number of piperazine rings is 1. The van der Waals surface area contributed by atoms with Gasteiger partial charge in [-0.25, -0.2) is 0 Å². The van der Waals surface area contributed by atoms with Crippen molar-refractivity contribution in [3.8, 4) is 0 Å². The van der Waals surface area contributed by atoms with Crippen LogP contribution in [0.25, 0.3) is 0 Å². The average Bonchev–Trinajstić information content (AvgIpc) is 2.53. The molecule has 2 rings (SSSR count). The van der Waals surface area contributed by atoms with Crippen LogP contribution in [0.1, 0.15) is 13.3 Å². The van der Waals surface area contributed by atoms with Crippen molar-refractivity contribution in [2.24, 2.45) is 0 Å². The van der Waals surface area contributed by atoms with E-state index in [1.54, 1.807) is 0 Å². The second kappa shape index (κ2) is 3.73. The lowest BCUT2D eigenvalue weighted by Crippen LogP contribution is -2.50. The zero-order valence-electron chi connectivity index (χ0n) is 7.75. The molecule has 2 heterocycles. The van der Waals surface area contributed by atoms with Crippen molar-refractivity contribution in [2.45, 2.75) is 25.5 Å². The first-order valence-electron chi connectivity index (χ1n) is 4.94. The smallest absolute Gasteiger partial charge is 0.0703 e. The molecule has 0 aliphatic carbocycles. The summed E-state index contributed by atoms with van der Waals surface area (Å²) in [7, 11) is 0. The van der Waals surface area contributed by atoms with Crippen LogP contribution in [0.5, 0.6) is 0 Å². The molecule has 70 valence electrons. The fourth-order valence-electron chi connectivity index (χ4n) is 2.21. The van der Waals surface area contributed by atoms with Crippen molar-refractivity contribution in [1.29, 1.82) is 0 Å². The number of nitrogens with zero attached hydrogens (tertiary/aromatic N) is 1. The third kappa shape index (κ3) is 1.63. The van der Waals surface area contributed by atoms with Crippen LogP contribution >= 0.6 is 0 Å². The highest BCUT2D eigenvalue weighted by Crippen LogP contribution is 2.19. The van der Waals surface area contributed by atoms with Gasteiger partial charge in [0.25, 0.3) is 0 Å². The van der Waals surface area contributed by atoms with E-state index < -0.39 is 0 Å². The highest BCUT2D eigenvalue weighted by atomic mass is 16.5. The first-order chi connectivity index (χ1) is 5.88. The van der Waals surface area contributed by atoms with Crippen molar-refractivity contribution in [2.75, 3.05) is 32.8 Å². The highest BCUT2D eigenvalue weighted by Gasteiger charge is 2.30. The van der Waals surface area contributed by atoms with Crippen LogP contribution in [-0.4, -0.2) is 49.8 Å². The molecule has 0 radical (unpaired) electrons. The molecule has 2 saturated heterocycles. The summed E-state index contributed by atoms with van der Waals surface area (Å²) in [6.45, 7) is 7.82. The summed E-state index contributed by atoms with van der Waals surface area (Å²) in [5, 5.41) is 3.37. The molecule has 2 aliphatic rings. The van der Waals surface area contributed by atoms with Gasteiger partial charge in [-0.15, -0.1) is 0 Å². The fourth-order valence-corrected chi connectivity index (χ4v) is 2.21. The molecule has 0 aromatic heterocycles. The van der Waals surface area contributed by atoms with Crippen molar-refractivity contribution in [1.82, 2.24) is 10.2 Å². The summed E-state index contributed by atoms with van der Waals surface area (Å²) in [6.07, 6.45) is 1.67. The molecular weight excluding hydrogens is 152 g/mol. The van der Waals surface area contributed by atoms with E-state index >= 15 is 0 Å². The Labute approximate surface area is 74.1 Å². The lowest BCUT2D eigenvalue weighted by molar-refractivity contribution is 0.0688. The van der Waals surface area contributed by atoms with E-state index in [9.17, 15) is 0 Å². The summed E-state index contributed by atoms with van der Waals surface area (Å²) in [5.41, 5.74) is 0. The molecule has 0 amide bonds. The Hall–Kier alpha value is -0.120. The van der Waals surface area contributed by atoms with E-state index in [1.165, 1.54) is 19.5 Å². The van der Waals surface area contributed by atoms with Crippen LogP contribution in [0, 0.1) is 0 Å². The molecule has 0 spiro atoms. The first-order valence-corrected chi connectivity index (χ1v) is 4.94. The lowest BCUT2D eigenvalue weighted by Gasteiger charge is -2.33. The van der Waals surface area contributed by atoms with E-state index in [4.69, 9.17) is 4.74 Å². The van der Waals surface area contributed by atoms with Gasteiger partial charge in [0.2, 0.25) is 0 Å². The van der Waals surface area contributed by atoms with Gasteiger partial charge in [0.1, 0.15) is 0 Å². The predicted molar refractivity (Wildman–Crippen MR) is 48.3 cm³/mol. The summed E-state index contributed by atoms with van der Waals surface area (Å²) in [6, 6.07) is 0.687. The Bertz CT molecular complexity index is 145. The Morgan fingerprint density at radius 3 is 2.67 bits per heavy atom. The number of nitrogens with one attached hydrogen (secondary N) is 1. The van der Waals surface area contributed by atoms with E-state index in [1.807, 2.05) is 0 Å². The second-order valence-electron chi connectivity index (χ2n) is 3.72. The van der Waals surface area contributed by atoms with Crippen LogP contribution in [0.2, 0.25) is 0 Å². The molecule has 1 N–H and O–H groups in total. The highest BCUT2D eigenvalue weighted by molar-refractivity contribution is 4.84. The van der Waals surface area contributed by atoms with Gasteiger partial charge < -0.3 is 10.1 Å². The van der Waals surface area contributed by atoms with Crippen LogP contribution in [0.15, 0.2) is 0 Å². The fraction of sp³-hybridized carbons (Fsp3) is 1.00. The van der Waals surface area contributed by atoms with Gasteiger partial charge in [-0.05, 0) is 13.3 Å². The number of ether oxygens (including phenoxy) is 1. The zero-order chi connectivity index (χ0) is 8.39. The Morgan fingerprint density at radius 1 is 1.33 bits per heavy atom. The molecule has 3 nitrogen and oxygen atoms in total. The van der Waals surface area contributed by atoms with E-state index in [0.29, 0.717) is 12.1 Å². The third-order valence-corrected chi connectivity index (χ3v) is 2.96. The predicted octanol–water partition coefficient (Wildman–Crippen LogP) is 0.0690. The SMILES string of the molecule is CC1OCCC1N1CCNCC1. The van der Waals surface area contributed by atoms with Crippen molar-refractivity contribution >= 4 is 0 Å².